The third kappa shape index (κ3) is 3.01. The number of nitrogens with one attached hydrogen (secondary N) is 1. The fraction of sp³-hybridized carbons (Fsp3) is 0.222. The number of hydrogen-bond acceptors (Lipinski definition) is 1. The van der Waals surface area contributed by atoms with Gasteiger partial charge in [0.25, 0.3) is 0 Å². The Balaban J connectivity index is 2.10. The summed E-state index contributed by atoms with van der Waals surface area (Å²) in [5.74, 6) is -0.229. The molecule has 0 unspecified atom stereocenters. The number of H-pyrrole nitrogens is 1. The quantitative estimate of drug-likeness (QED) is 0.645. The minimum absolute atomic E-state index is 0.229. The van der Waals surface area contributed by atoms with E-state index in [1.54, 1.807) is 12.1 Å². The molecule has 114 valence electrons. The number of fused-ring (bicyclic) bond motifs is 1. The van der Waals surface area contributed by atoms with E-state index in [0.29, 0.717) is 6.54 Å². The van der Waals surface area contributed by atoms with Crippen LogP contribution in [0.3, 0.4) is 0 Å². The zero-order valence-corrected chi connectivity index (χ0v) is 13.0. The molecule has 4 heteroatoms. The zero-order chi connectivity index (χ0) is 15.5. The predicted octanol–water partition coefficient (Wildman–Crippen LogP) is 4.91. The summed E-state index contributed by atoms with van der Waals surface area (Å²) in [6.45, 7) is 0.689. The first kappa shape index (κ1) is 15.1. The van der Waals surface area contributed by atoms with Crippen molar-refractivity contribution in [3.05, 3.63) is 58.9 Å². The molecule has 0 bridgehead atoms. The van der Waals surface area contributed by atoms with Gasteiger partial charge in [0.2, 0.25) is 0 Å². The molecule has 1 heterocycles. The van der Waals surface area contributed by atoms with Gasteiger partial charge < -0.3 is 10.7 Å². The van der Waals surface area contributed by atoms with Crippen LogP contribution in [-0.4, -0.2) is 11.5 Å². The van der Waals surface area contributed by atoms with Crippen molar-refractivity contribution >= 4 is 22.5 Å². The molecule has 2 aromatic carbocycles. The van der Waals surface area contributed by atoms with Crippen LogP contribution in [0.4, 0.5) is 4.39 Å². The fourth-order valence-electron chi connectivity index (χ4n) is 2.79. The van der Waals surface area contributed by atoms with E-state index in [1.807, 2.05) is 18.2 Å². The summed E-state index contributed by atoms with van der Waals surface area (Å²) in [7, 11) is 0. The fourth-order valence-corrected chi connectivity index (χ4v) is 2.96. The van der Waals surface area contributed by atoms with Gasteiger partial charge in [0.1, 0.15) is 5.82 Å². The Hall–Kier alpha value is -1.84. The number of unbranched alkanes of at least 4 members (excludes halogenated alkanes) is 1. The molecule has 3 rings (SSSR count). The first-order valence-corrected chi connectivity index (χ1v) is 7.83. The summed E-state index contributed by atoms with van der Waals surface area (Å²) >= 11 is 6.14. The summed E-state index contributed by atoms with van der Waals surface area (Å²) in [5, 5.41) is 1.85. The van der Waals surface area contributed by atoms with E-state index in [-0.39, 0.29) is 5.82 Å². The first-order chi connectivity index (χ1) is 10.7. The second-order valence-corrected chi connectivity index (χ2v) is 5.86. The van der Waals surface area contributed by atoms with E-state index in [1.165, 1.54) is 17.7 Å². The molecule has 0 aliphatic rings. The standard InChI is InChI=1S/C18H18ClFN2/c19-13-6-9-17-16(11-13)15(3-1-2-10-21)18(22-17)12-4-7-14(20)8-5-12/h4-9,11,22H,1-3,10,21H2. The summed E-state index contributed by atoms with van der Waals surface area (Å²) in [6.07, 6.45) is 2.92. The molecule has 1 aromatic heterocycles. The van der Waals surface area contributed by atoms with Gasteiger partial charge in [0, 0.05) is 21.6 Å². The molecule has 22 heavy (non-hydrogen) atoms. The highest BCUT2D eigenvalue weighted by Gasteiger charge is 2.13. The van der Waals surface area contributed by atoms with Crippen molar-refractivity contribution in [3.63, 3.8) is 0 Å². The van der Waals surface area contributed by atoms with Gasteiger partial charge in [-0.2, -0.15) is 0 Å². The highest BCUT2D eigenvalue weighted by Crippen LogP contribution is 2.33. The SMILES string of the molecule is NCCCCc1c(-c2ccc(F)cc2)[nH]c2ccc(Cl)cc12. The number of nitrogens with two attached hydrogens (primary N) is 1. The molecule has 0 fully saturated rings. The van der Waals surface area contributed by atoms with E-state index in [2.05, 4.69) is 4.98 Å². The number of aromatic amines is 1. The smallest absolute Gasteiger partial charge is 0.123 e. The highest BCUT2D eigenvalue weighted by atomic mass is 35.5. The number of rotatable bonds is 5. The molecule has 0 amide bonds. The maximum Gasteiger partial charge on any atom is 0.123 e. The molecule has 0 atom stereocenters. The lowest BCUT2D eigenvalue weighted by molar-refractivity contribution is 0.628. The van der Waals surface area contributed by atoms with Crippen LogP contribution in [0.1, 0.15) is 18.4 Å². The van der Waals surface area contributed by atoms with E-state index >= 15 is 0 Å². The molecular weight excluding hydrogens is 299 g/mol. The van der Waals surface area contributed by atoms with Crippen LogP contribution in [0.2, 0.25) is 5.02 Å². The first-order valence-electron chi connectivity index (χ1n) is 7.45. The Morgan fingerprint density at radius 1 is 1.05 bits per heavy atom. The maximum absolute atomic E-state index is 13.2. The van der Waals surface area contributed by atoms with Crippen LogP contribution in [0.15, 0.2) is 42.5 Å². The average Bonchev–Trinajstić information content (AvgIpc) is 2.86. The average molecular weight is 317 g/mol. The van der Waals surface area contributed by atoms with Crippen LogP contribution in [0.25, 0.3) is 22.2 Å². The molecule has 0 radical (unpaired) electrons. The molecule has 3 N–H and O–H groups in total. The van der Waals surface area contributed by atoms with Gasteiger partial charge >= 0.3 is 0 Å². The van der Waals surface area contributed by atoms with Gasteiger partial charge in [-0.1, -0.05) is 11.6 Å². The zero-order valence-electron chi connectivity index (χ0n) is 12.2. The summed E-state index contributed by atoms with van der Waals surface area (Å²) in [5.41, 5.74) is 9.89. The largest absolute Gasteiger partial charge is 0.354 e. The third-order valence-corrected chi connectivity index (χ3v) is 4.12. The van der Waals surface area contributed by atoms with Crippen LogP contribution in [-0.2, 0) is 6.42 Å². The van der Waals surface area contributed by atoms with Crippen molar-refractivity contribution in [3.8, 4) is 11.3 Å². The topological polar surface area (TPSA) is 41.8 Å². The Kier molecular flexibility index (Phi) is 4.46. The predicted molar refractivity (Wildman–Crippen MR) is 90.7 cm³/mol. The van der Waals surface area contributed by atoms with Gasteiger partial charge in [-0.15, -0.1) is 0 Å². The van der Waals surface area contributed by atoms with Gasteiger partial charge in [-0.25, -0.2) is 4.39 Å². The van der Waals surface area contributed by atoms with E-state index in [0.717, 1.165) is 46.4 Å². The van der Waals surface area contributed by atoms with Crippen molar-refractivity contribution in [2.75, 3.05) is 6.54 Å². The van der Waals surface area contributed by atoms with E-state index in [9.17, 15) is 4.39 Å². The molecule has 0 saturated carbocycles. The lowest BCUT2D eigenvalue weighted by Gasteiger charge is -2.05. The summed E-state index contributed by atoms with van der Waals surface area (Å²) < 4.78 is 13.2. The van der Waals surface area contributed by atoms with Crippen molar-refractivity contribution in [2.24, 2.45) is 5.73 Å². The Morgan fingerprint density at radius 2 is 1.82 bits per heavy atom. The van der Waals surface area contributed by atoms with Crippen LogP contribution in [0.5, 0.6) is 0 Å². The number of halogens is 2. The van der Waals surface area contributed by atoms with Crippen LogP contribution < -0.4 is 5.73 Å². The summed E-state index contributed by atoms with van der Waals surface area (Å²) in [6, 6.07) is 12.4. The monoisotopic (exact) mass is 316 g/mol. The van der Waals surface area contributed by atoms with Crippen LogP contribution in [0, 0.1) is 5.82 Å². The molecule has 0 saturated heterocycles. The maximum atomic E-state index is 13.2. The number of aromatic nitrogens is 1. The molecule has 0 aliphatic carbocycles. The van der Waals surface area contributed by atoms with E-state index < -0.39 is 0 Å². The lowest BCUT2D eigenvalue weighted by Crippen LogP contribution is -1.99. The highest BCUT2D eigenvalue weighted by molar-refractivity contribution is 6.31. The van der Waals surface area contributed by atoms with Crippen molar-refractivity contribution in [1.29, 1.82) is 0 Å². The minimum Gasteiger partial charge on any atom is -0.354 e. The second kappa shape index (κ2) is 6.51. The molecule has 0 spiro atoms. The number of hydrogen-bond donors (Lipinski definition) is 2. The Labute approximate surface area is 134 Å². The van der Waals surface area contributed by atoms with Gasteiger partial charge in [-0.05, 0) is 79.4 Å². The van der Waals surface area contributed by atoms with Crippen molar-refractivity contribution in [1.82, 2.24) is 4.98 Å². The number of benzene rings is 2. The molecule has 3 aromatic rings. The van der Waals surface area contributed by atoms with Gasteiger partial charge in [-0.3, -0.25) is 0 Å². The van der Waals surface area contributed by atoms with E-state index in [4.69, 9.17) is 17.3 Å². The second-order valence-electron chi connectivity index (χ2n) is 5.42. The Bertz CT molecular complexity index is 778. The molecule has 2 nitrogen and oxygen atoms in total. The van der Waals surface area contributed by atoms with Crippen LogP contribution >= 0.6 is 11.6 Å². The van der Waals surface area contributed by atoms with Crippen molar-refractivity contribution < 1.29 is 4.39 Å². The molecule has 0 aliphatic heterocycles. The lowest BCUT2D eigenvalue weighted by atomic mass is 10.0. The minimum atomic E-state index is -0.229. The Morgan fingerprint density at radius 3 is 2.55 bits per heavy atom. The van der Waals surface area contributed by atoms with Gasteiger partial charge in [0.05, 0.1) is 0 Å². The summed E-state index contributed by atoms with van der Waals surface area (Å²) in [4.78, 5) is 3.44. The third-order valence-electron chi connectivity index (χ3n) is 3.88. The normalized spacial score (nSPS) is 11.2. The number of aryl methyl sites for hydroxylation is 1. The van der Waals surface area contributed by atoms with Gasteiger partial charge in [0.15, 0.2) is 0 Å². The van der Waals surface area contributed by atoms with Crippen molar-refractivity contribution in [2.45, 2.75) is 19.3 Å². The molecular formula is C18H18ClFN2.